The summed E-state index contributed by atoms with van der Waals surface area (Å²) in [4.78, 5) is 41.5. The average Bonchev–Trinajstić information content (AvgIpc) is 3.05. The van der Waals surface area contributed by atoms with E-state index in [1.165, 1.54) is 11.8 Å². The van der Waals surface area contributed by atoms with Gasteiger partial charge < -0.3 is 0 Å². The summed E-state index contributed by atoms with van der Waals surface area (Å²) in [7, 11) is 0.466. The summed E-state index contributed by atoms with van der Waals surface area (Å²) in [5.74, 6) is -1.97. The fourth-order valence-electron chi connectivity index (χ4n) is 2.76. The van der Waals surface area contributed by atoms with E-state index < -0.39 is 29.9 Å². The van der Waals surface area contributed by atoms with E-state index in [-0.39, 0.29) is 6.42 Å². The first-order valence-electron chi connectivity index (χ1n) is 8.06. The Kier molecular flexibility index (Phi) is 6.74. The average molecular weight is 342 g/mol. The number of Topliss-reactive ketones (excluding diaryl/α,β-unsaturated/α-hetero) is 1. The molecule has 1 aliphatic heterocycles. The first-order valence-corrected chi connectivity index (χ1v) is 8.06. The van der Waals surface area contributed by atoms with Gasteiger partial charge in [-0.05, 0) is 0 Å². The van der Waals surface area contributed by atoms with Crippen molar-refractivity contribution in [2.24, 2.45) is 4.99 Å². The number of ketones is 1. The summed E-state index contributed by atoms with van der Waals surface area (Å²) < 4.78 is 15.7. The van der Waals surface area contributed by atoms with E-state index in [0.29, 0.717) is 26.5 Å². The summed E-state index contributed by atoms with van der Waals surface area (Å²) in [6.07, 6.45) is 1.62. The predicted octanol–water partition coefficient (Wildman–Crippen LogP) is 0.756. The molecule has 1 aliphatic rings. The molecule has 0 N–H and O–H groups in total. The van der Waals surface area contributed by atoms with E-state index >= 15 is 0 Å². The maximum atomic E-state index is 12.6. The summed E-state index contributed by atoms with van der Waals surface area (Å²) in [5.41, 5.74) is 0.828. The van der Waals surface area contributed by atoms with Gasteiger partial charge in [0.2, 0.25) is 0 Å². The van der Waals surface area contributed by atoms with E-state index in [2.05, 4.69) is 4.99 Å². The zero-order valence-electron chi connectivity index (χ0n) is 14.0. The number of carbonyl (C=O) groups excluding carboxylic acids is 3. The summed E-state index contributed by atoms with van der Waals surface area (Å²) in [6, 6.07) is 8.13. The second kappa shape index (κ2) is 9.01. The molecule has 1 aromatic carbocycles. The Bertz CT molecular complexity index is 677. The number of carbonyl (C=O) groups is 3. The fraction of sp³-hybridized carbons (Fsp3) is 0.412. The van der Waals surface area contributed by atoms with Gasteiger partial charge in [0.15, 0.2) is 0 Å². The number of likely N-dealkylation sites (tertiary alicyclic amines) is 1. The van der Waals surface area contributed by atoms with Gasteiger partial charge in [-0.15, -0.1) is 0 Å². The molecule has 0 radical (unpaired) electrons. The van der Waals surface area contributed by atoms with Crippen LogP contribution in [0.4, 0.5) is 0 Å². The van der Waals surface area contributed by atoms with Crippen LogP contribution in [-0.4, -0.2) is 54.6 Å². The number of esters is 1. The standard InChI is InChI=1S/C17H19BN2O5/c1-12(21)25-15-8-5-9-20(15)17(23)16(22)14(19-11-18-24)10-13-6-3-2-4-7-13/h2-4,6-7,11,14-15H,5,8-10H2,1H3/t14?,15-/m1/s1. The third-order valence-corrected chi connectivity index (χ3v) is 3.87. The van der Waals surface area contributed by atoms with E-state index in [1.54, 1.807) is 0 Å². The van der Waals surface area contributed by atoms with Crippen LogP contribution in [0.3, 0.4) is 0 Å². The van der Waals surface area contributed by atoms with E-state index in [9.17, 15) is 19.1 Å². The summed E-state index contributed by atoms with van der Waals surface area (Å²) >= 11 is 0. The van der Waals surface area contributed by atoms with Gasteiger partial charge in [0, 0.05) is 0 Å². The summed E-state index contributed by atoms with van der Waals surface area (Å²) in [6.45, 7) is 1.60. The third kappa shape index (κ3) is 5.17. The predicted molar refractivity (Wildman–Crippen MR) is 90.4 cm³/mol. The molecule has 1 heterocycles. The normalized spacial score (nSPS) is 18.0. The fourth-order valence-corrected chi connectivity index (χ4v) is 2.76. The molecule has 2 rings (SSSR count). The number of nitrogens with zero attached hydrogens (tertiary/aromatic N) is 2. The molecule has 0 aliphatic carbocycles. The molecule has 0 saturated carbocycles. The molecule has 0 bridgehead atoms. The molecule has 1 unspecified atom stereocenters. The number of amides is 1. The van der Waals surface area contributed by atoms with Gasteiger partial charge in [-0.1, -0.05) is 0 Å². The van der Waals surface area contributed by atoms with E-state index in [0.717, 1.165) is 11.7 Å². The van der Waals surface area contributed by atoms with Crippen molar-refractivity contribution in [3.05, 3.63) is 35.9 Å². The maximum absolute atomic E-state index is 12.6. The Morgan fingerprint density at radius 3 is 2.72 bits per heavy atom. The Hall–Kier alpha value is -2.64. The summed E-state index contributed by atoms with van der Waals surface area (Å²) in [5, 5.41) is 0. The monoisotopic (exact) mass is 342 g/mol. The van der Waals surface area contributed by atoms with Crippen molar-refractivity contribution >= 4 is 30.9 Å². The molecule has 25 heavy (non-hydrogen) atoms. The van der Waals surface area contributed by atoms with Crippen LogP contribution < -0.4 is 0 Å². The van der Waals surface area contributed by atoms with Crippen LogP contribution >= 0.6 is 0 Å². The topological polar surface area (TPSA) is 93.1 Å². The van der Waals surface area contributed by atoms with Gasteiger partial charge in [-0.3, -0.25) is 0 Å². The molecule has 1 aromatic rings. The number of hydrogen-bond acceptors (Lipinski definition) is 6. The molecule has 0 aromatic heterocycles. The number of ether oxygens (including phenoxy) is 1. The molecule has 130 valence electrons. The van der Waals surface area contributed by atoms with E-state index in [1.807, 2.05) is 30.3 Å². The molecule has 2 atom stereocenters. The van der Waals surface area contributed by atoms with Crippen LogP contribution in [0, 0.1) is 0 Å². The molecule has 1 saturated heterocycles. The minimum atomic E-state index is -0.987. The first kappa shape index (κ1) is 18.7. The molecule has 1 fully saturated rings. The van der Waals surface area contributed by atoms with Crippen LogP contribution in [0.5, 0.6) is 0 Å². The van der Waals surface area contributed by atoms with Crippen LogP contribution in [0.1, 0.15) is 25.3 Å². The van der Waals surface area contributed by atoms with E-state index in [4.69, 9.17) is 4.74 Å². The Morgan fingerprint density at radius 1 is 1.36 bits per heavy atom. The van der Waals surface area contributed by atoms with Crippen LogP contribution in [-0.2, 0) is 30.2 Å². The Balaban J connectivity index is 2.14. The van der Waals surface area contributed by atoms with Crippen molar-refractivity contribution < 1.29 is 23.8 Å². The quantitative estimate of drug-likeness (QED) is 0.316. The number of rotatable bonds is 7. The zero-order chi connectivity index (χ0) is 18.2. The molecule has 8 heteroatoms. The second-order valence-corrected chi connectivity index (χ2v) is 5.71. The number of benzene rings is 1. The molecular formula is C17H19BN2O5. The van der Waals surface area contributed by atoms with Crippen LogP contribution in [0.25, 0.3) is 0 Å². The zero-order valence-corrected chi connectivity index (χ0v) is 14.0. The Labute approximate surface area is 146 Å². The molecular weight excluding hydrogens is 323 g/mol. The van der Waals surface area contributed by atoms with Crippen LogP contribution in [0.15, 0.2) is 35.3 Å². The number of hydrogen-bond donors (Lipinski definition) is 0. The van der Waals surface area contributed by atoms with Gasteiger partial charge in [-0.25, -0.2) is 0 Å². The van der Waals surface area contributed by atoms with Gasteiger partial charge in [0.05, 0.1) is 0 Å². The van der Waals surface area contributed by atoms with Gasteiger partial charge in [0.25, 0.3) is 0 Å². The third-order valence-electron chi connectivity index (χ3n) is 3.87. The minimum absolute atomic E-state index is 0.210. The van der Waals surface area contributed by atoms with Gasteiger partial charge in [-0.2, -0.15) is 0 Å². The van der Waals surface area contributed by atoms with Crippen molar-refractivity contribution in [3.8, 4) is 0 Å². The molecule has 7 nitrogen and oxygen atoms in total. The van der Waals surface area contributed by atoms with Gasteiger partial charge in [0.1, 0.15) is 0 Å². The van der Waals surface area contributed by atoms with Crippen molar-refractivity contribution in [3.63, 3.8) is 0 Å². The molecule has 1 amide bonds. The second-order valence-electron chi connectivity index (χ2n) is 5.71. The first-order chi connectivity index (χ1) is 12.0. The van der Waals surface area contributed by atoms with Crippen molar-refractivity contribution in [2.75, 3.05) is 6.54 Å². The van der Waals surface area contributed by atoms with Gasteiger partial charge >= 0.3 is 146 Å². The van der Waals surface area contributed by atoms with Crippen molar-refractivity contribution in [2.45, 2.75) is 38.5 Å². The van der Waals surface area contributed by atoms with Crippen molar-refractivity contribution in [1.29, 1.82) is 0 Å². The van der Waals surface area contributed by atoms with Crippen LogP contribution in [0.2, 0.25) is 0 Å². The van der Waals surface area contributed by atoms with Crippen molar-refractivity contribution in [1.82, 2.24) is 4.90 Å². The SMILES string of the molecule is CC(=O)O[C@@H]1CCCN1C(=O)C(=O)C(Cc1ccccc1)N=CB=O. The molecule has 0 spiro atoms. The Morgan fingerprint density at radius 2 is 2.08 bits per heavy atom. The number of aliphatic imine (C=N–C) groups is 1.